The molecule has 1 amide bonds. The van der Waals surface area contributed by atoms with Gasteiger partial charge in [-0.25, -0.2) is 4.79 Å². The third kappa shape index (κ3) is 5.59. The van der Waals surface area contributed by atoms with Crippen LogP contribution in [0.1, 0.15) is 11.1 Å². The van der Waals surface area contributed by atoms with E-state index in [-0.39, 0.29) is 13.2 Å². The summed E-state index contributed by atoms with van der Waals surface area (Å²) in [5.74, 6) is -0.579. The number of aryl methyl sites for hydroxylation is 2. The van der Waals surface area contributed by atoms with Crippen molar-refractivity contribution in [1.82, 2.24) is 0 Å². The molecule has 0 aliphatic rings. The average Bonchev–Trinajstić information content (AvgIpc) is 2.54. The first-order chi connectivity index (χ1) is 11.4. The highest BCUT2D eigenvalue weighted by Crippen LogP contribution is 2.17. The molecule has 0 aromatic heterocycles. The Balaban J connectivity index is 1.77. The van der Waals surface area contributed by atoms with Gasteiger partial charge < -0.3 is 14.8 Å². The van der Waals surface area contributed by atoms with Crippen molar-refractivity contribution in [2.24, 2.45) is 0 Å². The van der Waals surface area contributed by atoms with Gasteiger partial charge in [0.05, 0.1) is 0 Å². The van der Waals surface area contributed by atoms with Crippen molar-refractivity contribution in [1.29, 1.82) is 0 Å². The molecule has 0 unspecified atom stereocenters. The summed E-state index contributed by atoms with van der Waals surface area (Å²) in [5, 5.41) is 3.22. The second kappa shape index (κ2) is 8.36. The number of rotatable bonds is 6. The van der Waals surface area contributed by atoms with Gasteiger partial charge in [-0.15, -0.1) is 0 Å². The van der Waals surface area contributed by atoms with Crippen molar-refractivity contribution < 1.29 is 19.1 Å². The van der Waals surface area contributed by atoms with Gasteiger partial charge in [-0.2, -0.15) is 0 Å². The fourth-order valence-corrected chi connectivity index (χ4v) is 2.12. The number of anilines is 1. The summed E-state index contributed by atoms with van der Waals surface area (Å²) < 4.78 is 10.1. The molecule has 0 atom stereocenters. The fraction of sp³-hybridized carbons (Fsp3) is 0.222. The Labute approximate surface area is 145 Å². The lowest BCUT2D eigenvalue weighted by Crippen LogP contribution is -2.24. The van der Waals surface area contributed by atoms with E-state index in [9.17, 15) is 9.59 Å². The maximum atomic E-state index is 11.9. The summed E-state index contributed by atoms with van der Waals surface area (Å²) in [7, 11) is 0. The van der Waals surface area contributed by atoms with Gasteiger partial charge in [0.2, 0.25) is 0 Å². The van der Waals surface area contributed by atoms with Gasteiger partial charge in [0, 0.05) is 10.7 Å². The van der Waals surface area contributed by atoms with Gasteiger partial charge in [-0.1, -0.05) is 29.8 Å². The van der Waals surface area contributed by atoms with Crippen LogP contribution in [0.2, 0.25) is 5.02 Å². The van der Waals surface area contributed by atoms with Gasteiger partial charge in [0.15, 0.2) is 13.2 Å². The van der Waals surface area contributed by atoms with Crippen LogP contribution >= 0.6 is 11.6 Å². The second-order valence-corrected chi connectivity index (χ2v) is 5.71. The van der Waals surface area contributed by atoms with Crippen LogP contribution in [0.3, 0.4) is 0 Å². The van der Waals surface area contributed by atoms with Gasteiger partial charge in [-0.3, -0.25) is 4.79 Å². The maximum absolute atomic E-state index is 11.9. The van der Waals surface area contributed by atoms with E-state index in [1.165, 1.54) is 0 Å². The summed E-state index contributed by atoms with van der Waals surface area (Å²) in [4.78, 5) is 23.5. The average molecular weight is 348 g/mol. The first-order valence-corrected chi connectivity index (χ1v) is 7.73. The largest absolute Gasteiger partial charge is 0.482 e. The molecule has 24 heavy (non-hydrogen) atoms. The van der Waals surface area contributed by atoms with Crippen molar-refractivity contribution in [2.75, 3.05) is 18.5 Å². The minimum absolute atomic E-state index is 0.295. The number of carbonyl (C=O) groups excluding carboxylic acids is 2. The highest BCUT2D eigenvalue weighted by atomic mass is 35.5. The van der Waals surface area contributed by atoms with Crippen LogP contribution in [-0.2, 0) is 14.3 Å². The summed E-state index contributed by atoms with van der Waals surface area (Å²) in [6.45, 7) is 3.16. The Hall–Kier alpha value is -2.53. The Morgan fingerprint density at radius 2 is 1.88 bits per heavy atom. The molecular weight excluding hydrogens is 330 g/mol. The Morgan fingerprint density at radius 1 is 1.08 bits per heavy atom. The monoisotopic (exact) mass is 347 g/mol. The lowest BCUT2D eigenvalue weighted by Gasteiger charge is -2.10. The number of benzene rings is 2. The van der Waals surface area contributed by atoms with E-state index < -0.39 is 11.9 Å². The second-order valence-electron chi connectivity index (χ2n) is 5.27. The molecule has 0 radical (unpaired) electrons. The quantitative estimate of drug-likeness (QED) is 0.812. The molecule has 2 aromatic rings. The zero-order valence-electron chi connectivity index (χ0n) is 13.5. The van der Waals surface area contributed by atoms with Crippen LogP contribution in [0, 0.1) is 13.8 Å². The molecule has 0 spiro atoms. The van der Waals surface area contributed by atoms with Crippen molar-refractivity contribution >= 4 is 29.2 Å². The summed E-state index contributed by atoms with van der Waals surface area (Å²) >= 11 is 5.81. The number of carbonyl (C=O) groups is 2. The molecule has 0 heterocycles. The number of hydrogen-bond donors (Lipinski definition) is 1. The number of ether oxygens (including phenoxy) is 2. The van der Waals surface area contributed by atoms with E-state index in [0.717, 1.165) is 11.1 Å². The van der Waals surface area contributed by atoms with Gasteiger partial charge in [0.1, 0.15) is 5.75 Å². The smallest absolute Gasteiger partial charge is 0.344 e. The highest BCUT2D eigenvalue weighted by Gasteiger charge is 2.10. The van der Waals surface area contributed by atoms with Gasteiger partial charge in [0.25, 0.3) is 5.91 Å². The van der Waals surface area contributed by atoms with Crippen LogP contribution < -0.4 is 10.1 Å². The SMILES string of the molecule is Cc1ccc(C)c(NC(=O)COC(=O)COc2cccc(Cl)c2)c1. The summed E-state index contributed by atoms with van der Waals surface area (Å²) in [5.41, 5.74) is 2.67. The first kappa shape index (κ1) is 17.8. The predicted octanol–water partition coefficient (Wildman–Crippen LogP) is 3.52. The topological polar surface area (TPSA) is 64.6 Å². The maximum Gasteiger partial charge on any atom is 0.344 e. The molecule has 0 aliphatic heterocycles. The van der Waals surface area contributed by atoms with E-state index in [1.54, 1.807) is 24.3 Å². The summed E-state index contributed by atoms with van der Waals surface area (Å²) in [6, 6.07) is 12.4. The van der Waals surface area contributed by atoms with Crippen LogP contribution in [0.5, 0.6) is 5.75 Å². The molecule has 2 aromatic carbocycles. The first-order valence-electron chi connectivity index (χ1n) is 7.35. The number of amides is 1. The zero-order chi connectivity index (χ0) is 17.5. The van der Waals surface area contributed by atoms with Crippen LogP contribution in [0.25, 0.3) is 0 Å². The molecule has 0 aliphatic carbocycles. The Bertz CT molecular complexity index is 746. The minimum atomic E-state index is -0.633. The molecule has 0 bridgehead atoms. The van der Waals surface area contributed by atoms with Crippen molar-refractivity contribution in [3.8, 4) is 5.75 Å². The van der Waals surface area contributed by atoms with E-state index in [1.807, 2.05) is 32.0 Å². The van der Waals surface area contributed by atoms with Crippen molar-refractivity contribution in [3.05, 3.63) is 58.6 Å². The van der Waals surface area contributed by atoms with E-state index in [0.29, 0.717) is 16.5 Å². The predicted molar refractivity (Wildman–Crippen MR) is 92.5 cm³/mol. The lowest BCUT2D eigenvalue weighted by molar-refractivity contribution is -0.149. The molecule has 1 N–H and O–H groups in total. The molecule has 0 fully saturated rings. The van der Waals surface area contributed by atoms with Gasteiger partial charge >= 0.3 is 5.97 Å². The van der Waals surface area contributed by atoms with Gasteiger partial charge in [-0.05, 0) is 49.2 Å². The number of esters is 1. The molecule has 126 valence electrons. The highest BCUT2D eigenvalue weighted by molar-refractivity contribution is 6.30. The fourth-order valence-electron chi connectivity index (χ4n) is 1.94. The van der Waals surface area contributed by atoms with Crippen LogP contribution in [0.4, 0.5) is 5.69 Å². The summed E-state index contributed by atoms with van der Waals surface area (Å²) in [6.07, 6.45) is 0. The van der Waals surface area contributed by atoms with Crippen molar-refractivity contribution in [2.45, 2.75) is 13.8 Å². The lowest BCUT2D eigenvalue weighted by atomic mass is 10.1. The molecular formula is C18H18ClNO4. The van der Waals surface area contributed by atoms with Crippen LogP contribution in [0.15, 0.2) is 42.5 Å². The van der Waals surface area contributed by atoms with Crippen molar-refractivity contribution in [3.63, 3.8) is 0 Å². The normalized spacial score (nSPS) is 10.1. The van der Waals surface area contributed by atoms with E-state index in [2.05, 4.69) is 5.32 Å². The van der Waals surface area contributed by atoms with E-state index >= 15 is 0 Å². The molecule has 0 saturated carbocycles. The van der Waals surface area contributed by atoms with Crippen LogP contribution in [-0.4, -0.2) is 25.1 Å². The zero-order valence-corrected chi connectivity index (χ0v) is 14.2. The molecule has 0 saturated heterocycles. The third-order valence-electron chi connectivity index (χ3n) is 3.18. The minimum Gasteiger partial charge on any atom is -0.482 e. The molecule has 5 nitrogen and oxygen atoms in total. The third-order valence-corrected chi connectivity index (χ3v) is 3.42. The Kier molecular flexibility index (Phi) is 6.21. The number of hydrogen-bond acceptors (Lipinski definition) is 4. The number of nitrogens with one attached hydrogen (secondary N) is 1. The molecule has 2 rings (SSSR count). The molecule has 6 heteroatoms. The standard InChI is InChI=1S/C18H18ClNO4/c1-12-6-7-13(2)16(8-12)20-17(21)10-24-18(22)11-23-15-5-3-4-14(19)9-15/h3-9H,10-11H2,1-2H3,(H,20,21). The number of halogens is 1. The van der Waals surface area contributed by atoms with E-state index in [4.69, 9.17) is 21.1 Å². The Morgan fingerprint density at radius 3 is 2.62 bits per heavy atom.